The van der Waals surface area contributed by atoms with Gasteiger partial charge in [-0.25, -0.2) is 0 Å². The van der Waals surface area contributed by atoms with Crippen LogP contribution in [0.5, 0.6) is 11.5 Å². The zero-order chi connectivity index (χ0) is 7.40. The zero-order valence-electron chi connectivity index (χ0n) is 5.28. The standard InChI is InChI=1S/C6H8O2P2/c9-7-5-3-1-2-4-6(5)8-10/h1-4H,9-10H2. The van der Waals surface area contributed by atoms with Crippen LogP contribution in [0.25, 0.3) is 0 Å². The van der Waals surface area contributed by atoms with E-state index in [1.165, 1.54) is 0 Å². The van der Waals surface area contributed by atoms with Gasteiger partial charge in [-0.05, 0) is 12.1 Å². The van der Waals surface area contributed by atoms with Gasteiger partial charge in [0.05, 0.1) is 18.9 Å². The number of hydrogen-bond acceptors (Lipinski definition) is 2. The Labute approximate surface area is 64.5 Å². The van der Waals surface area contributed by atoms with Crippen molar-refractivity contribution in [2.24, 2.45) is 0 Å². The summed E-state index contributed by atoms with van der Waals surface area (Å²) in [4.78, 5) is 0. The molecule has 0 bridgehead atoms. The normalized spacial score (nSPS) is 9.00. The Bertz CT molecular complexity index is 192. The molecule has 2 nitrogen and oxygen atoms in total. The highest BCUT2D eigenvalue weighted by molar-refractivity contribution is 7.10. The molecule has 0 aliphatic rings. The summed E-state index contributed by atoms with van der Waals surface area (Å²) < 4.78 is 9.83. The van der Waals surface area contributed by atoms with Gasteiger partial charge in [-0.15, -0.1) is 0 Å². The topological polar surface area (TPSA) is 18.5 Å². The third-order valence-corrected chi connectivity index (χ3v) is 1.61. The number of benzene rings is 1. The van der Waals surface area contributed by atoms with Crippen molar-refractivity contribution in [1.29, 1.82) is 0 Å². The van der Waals surface area contributed by atoms with E-state index in [9.17, 15) is 0 Å². The molecule has 54 valence electrons. The van der Waals surface area contributed by atoms with E-state index in [-0.39, 0.29) is 0 Å². The summed E-state index contributed by atoms with van der Waals surface area (Å²) >= 11 is 0. The summed E-state index contributed by atoms with van der Waals surface area (Å²) in [6, 6.07) is 7.41. The van der Waals surface area contributed by atoms with E-state index >= 15 is 0 Å². The lowest BCUT2D eigenvalue weighted by Gasteiger charge is -2.04. The third-order valence-electron chi connectivity index (χ3n) is 1.10. The molecule has 4 heteroatoms. The molecule has 0 radical (unpaired) electrons. The predicted octanol–water partition coefficient (Wildman–Crippen LogP) is 2.02. The average molecular weight is 174 g/mol. The van der Waals surface area contributed by atoms with E-state index in [0.29, 0.717) is 11.5 Å². The van der Waals surface area contributed by atoms with E-state index in [1.807, 2.05) is 24.3 Å². The molecule has 1 aromatic carbocycles. The van der Waals surface area contributed by atoms with Crippen molar-refractivity contribution >= 4 is 18.9 Å². The van der Waals surface area contributed by atoms with Crippen LogP contribution in [0.15, 0.2) is 24.3 Å². The Morgan fingerprint density at radius 3 is 1.60 bits per heavy atom. The van der Waals surface area contributed by atoms with Crippen molar-refractivity contribution in [2.45, 2.75) is 0 Å². The van der Waals surface area contributed by atoms with Crippen LogP contribution in [0.1, 0.15) is 0 Å². The van der Waals surface area contributed by atoms with E-state index in [1.54, 1.807) is 0 Å². The van der Waals surface area contributed by atoms with Crippen LogP contribution in [0.3, 0.4) is 0 Å². The Morgan fingerprint density at radius 2 is 1.30 bits per heavy atom. The molecule has 1 rings (SSSR count). The van der Waals surface area contributed by atoms with Gasteiger partial charge in [0.15, 0.2) is 11.5 Å². The first-order chi connectivity index (χ1) is 4.88. The van der Waals surface area contributed by atoms with Crippen molar-refractivity contribution in [3.63, 3.8) is 0 Å². The van der Waals surface area contributed by atoms with Gasteiger partial charge in [-0.1, -0.05) is 12.1 Å². The van der Waals surface area contributed by atoms with Gasteiger partial charge in [0, 0.05) is 0 Å². The number of para-hydroxylation sites is 2. The minimum absolute atomic E-state index is 0.711. The first kappa shape index (κ1) is 7.78. The van der Waals surface area contributed by atoms with Crippen LogP contribution < -0.4 is 9.05 Å². The lowest BCUT2D eigenvalue weighted by atomic mass is 10.3. The number of rotatable bonds is 2. The van der Waals surface area contributed by atoms with Gasteiger partial charge >= 0.3 is 0 Å². The van der Waals surface area contributed by atoms with Gasteiger partial charge in [0.1, 0.15) is 0 Å². The molecule has 0 fully saturated rings. The van der Waals surface area contributed by atoms with E-state index in [4.69, 9.17) is 9.05 Å². The summed E-state index contributed by atoms with van der Waals surface area (Å²) in [5.41, 5.74) is 0. The van der Waals surface area contributed by atoms with E-state index in [2.05, 4.69) is 18.9 Å². The molecular formula is C6H8O2P2. The van der Waals surface area contributed by atoms with Crippen LogP contribution in [-0.4, -0.2) is 0 Å². The summed E-state index contributed by atoms with van der Waals surface area (Å²) in [6.45, 7) is 0. The molecule has 0 amide bonds. The molecule has 0 aliphatic carbocycles. The highest BCUT2D eigenvalue weighted by atomic mass is 31.0. The zero-order valence-corrected chi connectivity index (χ0v) is 7.59. The summed E-state index contributed by atoms with van der Waals surface area (Å²) in [7, 11) is 4.33. The highest BCUT2D eigenvalue weighted by Gasteiger charge is 1.97. The first-order valence-corrected chi connectivity index (χ1v) is 3.65. The minimum atomic E-state index is 0.711. The Kier molecular flexibility index (Phi) is 2.92. The monoisotopic (exact) mass is 174 g/mol. The maximum atomic E-state index is 4.91. The molecule has 0 saturated carbocycles. The quantitative estimate of drug-likeness (QED) is 0.638. The second kappa shape index (κ2) is 3.75. The smallest absolute Gasteiger partial charge is 0.164 e. The van der Waals surface area contributed by atoms with Crippen LogP contribution >= 0.6 is 18.9 Å². The maximum Gasteiger partial charge on any atom is 0.164 e. The van der Waals surface area contributed by atoms with Crippen LogP contribution in [0.4, 0.5) is 0 Å². The van der Waals surface area contributed by atoms with Gasteiger partial charge in [-0.2, -0.15) is 0 Å². The van der Waals surface area contributed by atoms with Crippen molar-refractivity contribution in [3.05, 3.63) is 24.3 Å². The Morgan fingerprint density at radius 1 is 0.900 bits per heavy atom. The average Bonchev–Trinajstić information content (AvgIpc) is 2.04. The molecule has 10 heavy (non-hydrogen) atoms. The summed E-state index contributed by atoms with van der Waals surface area (Å²) in [6.07, 6.45) is 0. The minimum Gasteiger partial charge on any atom is -0.476 e. The fourth-order valence-corrected chi connectivity index (χ4v) is 1.03. The fraction of sp³-hybridized carbons (Fsp3) is 0. The molecule has 1 aromatic rings. The molecule has 2 unspecified atom stereocenters. The Hall–Kier alpha value is -0.320. The second-order valence-electron chi connectivity index (χ2n) is 1.68. The third kappa shape index (κ3) is 1.59. The van der Waals surface area contributed by atoms with Gasteiger partial charge in [0.2, 0.25) is 0 Å². The Balaban J connectivity index is 2.96. The van der Waals surface area contributed by atoms with Crippen molar-refractivity contribution in [3.8, 4) is 11.5 Å². The van der Waals surface area contributed by atoms with Gasteiger partial charge < -0.3 is 9.05 Å². The van der Waals surface area contributed by atoms with Crippen LogP contribution in [0.2, 0.25) is 0 Å². The van der Waals surface area contributed by atoms with E-state index in [0.717, 1.165) is 0 Å². The van der Waals surface area contributed by atoms with E-state index < -0.39 is 0 Å². The summed E-state index contributed by atoms with van der Waals surface area (Å²) in [5, 5.41) is 0. The number of hydrogen-bond donors (Lipinski definition) is 0. The largest absolute Gasteiger partial charge is 0.476 e. The maximum absolute atomic E-state index is 4.91. The van der Waals surface area contributed by atoms with Crippen LogP contribution in [-0.2, 0) is 0 Å². The lowest BCUT2D eigenvalue weighted by molar-refractivity contribution is 0.569. The molecule has 2 atom stereocenters. The van der Waals surface area contributed by atoms with Crippen molar-refractivity contribution < 1.29 is 9.05 Å². The molecular weight excluding hydrogens is 166 g/mol. The molecule has 0 heterocycles. The first-order valence-electron chi connectivity index (χ1n) is 2.71. The molecule has 0 spiro atoms. The van der Waals surface area contributed by atoms with Crippen molar-refractivity contribution in [2.75, 3.05) is 0 Å². The molecule has 0 saturated heterocycles. The fourth-order valence-electron chi connectivity index (χ4n) is 0.645. The summed E-state index contributed by atoms with van der Waals surface area (Å²) in [5.74, 6) is 1.42. The van der Waals surface area contributed by atoms with Gasteiger partial charge in [-0.3, -0.25) is 0 Å². The van der Waals surface area contributed by atoms with Gasteiger partial charge in [0.25, 0.3) is 0 Å². The lowest BCUT2D eigenvalue weighted by Crippen LogP contribution is -1.78. The second-order valence-corrected chi connectivity index (χ2v) is 2.15. The van der Waals surface area contributed by atoms with Crippen LogP contribution in [0, 0.1) is 0 Å². The SMILES string of the molecule is POc1ccccc1OP. The molecule has 0 aliphatic heterocycles. The highest BCUT2D eigenvalue weighted by Crippen LogP contribution is 2.28. The molecule has 0 aromatic heterocycles. The predicted molar refractivity (Wildman–Crippen MR) is 47.1 cm³/mol. The molecule has 0 N–H and O–H groups in total. The van der Waals surface area contributed by atoms with Crippen molar-refractivity contribution in [1.82, 2.24) is 0 Å².